The maximum Gasteiger partial charge on any atom is 0.307 e. The zero-order valence-electron chi connectivity index (χ0n) is 18.6. The summed E-state index contributed by atoms with van der Waals surface area (Å²) in [4.78, 5) is 23.8. The number of nitrogens with one attached hydrogen (secondary N) is 1. The summed E-state index contributed by atoms with van der Waals surface area (Å²) in [7, 11) is 0. The molecule has 0 bridgehead atoms. The molecule has 0 atom stereocenters. The van der Waals surface area contributed by atoms with Crippen LogP contribution in [0, 0.1) is 0 Å². The molecule has 32 heavy (non-hydrogen) atoms. The summed E-state index contributed by atoms with van der Waals surface area (Å²) < 4.78 is 1.93. The molecule has 0 fully saturated rings. The van der Waals surface area contributed by atoms with Gasteiger partial charge in [0.15, 0.2) is 0 Å². The van der Waals surface area contributed by atoms with Crippen molar-refractivity contribution < 1.29 is 14.7 Å². The van der Waals surface area contributed by atoms with Crippen LogP contribution in [0.4, 0.5) is 5.69 Å². The lowest BCUT2D eigenvalue weighted by molar-refractivity contribution is -0.136. The van der Waals surface area contributed by atoms with Crippen LogP contribution in [-0.4, -0.2) is 26.8 Å². The van der Waals surface area contributed by atoms with Crippen molar-refractivity contribution in [1.82, 2.24) is 9.78 Å². The molecule has 7 heteroatoms. The standard InChI is InChI=1S/C25H28ClN3O3/c1-4-5-22-21(14-23(30)31)24(16(2)3)29(28-22)15-17-6-12-20(13-7-17)27-25(32)18-8-10-19(26)11-9-18/h6-13,16H,4-5,14-15H2,1-3H3,(H,27,32)(H,30,31). The Balaban J connectivity index is 1.79. The van der Waals surface area contributed by atoms with Crippen LogP contribution in [0.5, 0.6) is 0 Å². The second-order valence-corrected chi connectivity index (χ2v) is 8.54. The third kappa shape index (κ3) is 5.77. The van der Waals surface area contributed by atoms with Crippen molar-refractivity contribution in [3.05, 3.63) is 81.6 Å². The summed E-state index contributed by atoms with van der Waals surface area (Å²) in [5.41, 5.74) is 4.91. The average Bonchev–Trinajstić information content (AvgIpc) is 3.06. The van der Waals surface area contributed by atoms with E-state index in [0.29, 0.717) is 22.8 Å². The first-order valence-corrected chi connectivity index (χ1v) is 11.1. The fourth-order valence-electron chi connectivity index (χ4n) is 3.78. The van der Waals surface area contributed by atoms with Gasteiger partial charge >= 0.3 is 5.97 Å². The van der Waals surface area contributed by atoms with Gasteiger partial charge < -0.3 is 10.4 Å². The van der Waals surface area contributed by atoms with Crippen molar-refractivity contribution in [3.63, 3.8) is 0 Å². The van der Waals surface area contributed by atoms with Gasteiger partial charge in [-0.1, -0.05) is 50.9 Å². The number of carboxylic acids is 1. The van der Waals surface area contributed by atoms with Crippen LogP contribution in [0.15, 0.2) is 48.5 Å². The van der Waals surface area contributed by atoms with E-state index in [4.69, 9.17) is 16.7 Å². The second-order valence-electron chi connectivity index (χ2n) is 8.10. The lowest BCUT2D eigenvalue weighted by Gasteiger charge is -2.13. The maximum atomic E-state index is 12.4. The number of carbonyl (C=O) groups excluding carboxylic acids is 1. The van der Waals surface area contributed by atoms with E-state index in [-0.39, 0.29) is 18.2 Å². The van der Waals surface area contributed by atoms with E-state index < -0.39 is 5.97 Å². The van der Waals surface area contributed by atoms with E-state index in [1.807, 2.05) is 28.9 Å². The zero-order valence-corrected chi connectivity index (χ0v) is 19.3. The number of amides is 1. The van der Waals surface area contributed by atoms with Crippen molar-refractivity contribution in [2.45, 2.75) is 52.5 Å². The number of carboxylic acid groups (broad SMARTS) is 1. The van der Waals surface area contributed by atoms with Crippen LogP contribution in [0.1, 0.15) is 66.0 Å². The van der Waals surface area contributed by atoms with Gasteiger partial charge in [-0.2, -0.15) is 5.10 Å². The number of rotatable bonds is 9. The minimum absolute atomic E-state index is 0.0154. The molecule has 3 aromatic rings. The summed E-state index contributed by atoms with van der Waals surface area (Å²) in [6, 6.07) is 14.3. The number of halogens is 1. The number of carbonyl (C=O) groups is 2. The topological polar surface area (TPSA) is 84.2 Å². The SMILES string of the molecule is CCCc1nn(Cc2ccc(NC(=O)c3ccc(Cl)cc3)cc2)c(C(C)C)c1CC(=O)O. The van der Waals surface area contributed by atoms with E-state index in [2.05, 4.69) is 26.1 Å². The molecule has 0 unspecified atom stereocenters. The first kappa shape index (κ1) is 23.5. The second kappa shape index (κ2) is 10.5. The van der Waals surface area contributed by atoms with Crippen molar-refractivity contribution in [2.24, 2.45) is 0 Å². The van der Waals surface area contributed by atoms with E-state index in [1.165, 1.54) is 0 Å². The molecule has 168 valence electrons. The molecule has 0 spiro atoms. The summed E-state index contributed by atoms with van der Waals surface area (Å²) in [6.07, 6.45) is 1.65. The minimum Gasteiger partial charge on any atom is -0.481 e. The van der Waals surface area contributed by atoms with Crippen LogP contribution in [0.2, 0.25) is 5.02 Å². The van der Waals surface area contributed by atoms with Crippen molar-refractivity contribution in [2.75, 3.05) is 5.32 Å². The zero-order chi connectivity index (χ0) is 23.3. The van der Waals surface area contributed by atoms with E-state index in [9.17, 15) is 14.7 Å². The molecule has 1 heterocycles. The normalized spacial score (nSPS) is 11.0. The monoisotopic (exact) mass is 453 g/mol. The molecule has 0 aliphatic rings. The lowest BCUT2D eigenvalue weighted by atomic mass is 9.99. The molecule has 3 rings (SSSR count). The molecule has 1 amide bonds. The van der Waals surface area contributed by atoms with Crippen LogP contribution in [-0.2, 0) is 24.2 Å². The molecule has 0 radical (unpaired) electrons. The van der Waals surface area contributed by atoms with Crippen molar-refractivity contribution in [1.29, 1.82) is 0 Å². The fraction of sp³-hybridized carbons (Fsp3) is 0.320. The van der Waals surface area contributed by atoms with E-state index >= 15 is 0 Å². The molecular formula is C25H28ClN3O3. The molecule has 6 nitrogen and oxygen atoms in total. The third-order valence-electron chi connectivity index (χ3n) is 5.19. The molecule has 0 aliphatic heterocycles. The predicted octanol–water partition coefficient (Wildman–Crippen LogP) is 5.54. The number of aromatic nitrogens is 2. The summed E-state index contributed by atoms with van der Waals surface area (Å²) in [6.45, 7) is 6.72. The summed E-state index contributed by atoms with van der Waals surface area (Å²) in [5, 5.41) is 17.6. The van der Waals surface area contributed by atoms with Gasteiger partial charge in [-0.05, 0) is 54.3 Å². The number of aliphatic carboxylic acids is 1. The highest BCUT2D eigenvalue weighted by molar-refractivity contribution is 6.30. The Hall–Kier alpha value is -3.12. The first-order valence-electron chi connectivity index (χ1n) is 10.7. The Kier molecular flexibility index (Phi) is 7.70. The van der Waals surface area contributed by atoms with Gasteiger partial charge in [-0.25, -0.2) is 0 Å². The Morgan fingerprint density at radius 1 is 1.09 bits per heavy atom. The van der Waals surface area contributed by atoms with Crippen LogP contribution >= 0.6 is 11.6 Å². The van der Waals surface area contributed by atoms with Gasteiger partial charge in [-0.3, -0.25) is 14.3 Å². The van der Waals surface area contributed by atoms with Crippen LogP contribution in [0.3, 0.4) is 0 Å². The number of benzene rings is 2. The smallest absolute Gasteiger partial charge is 0.307 e. The van der Waals surface area contributed by atoms with Gasteiger partial charge in [0.2, 0.25) is 0 Å². The number of anilines is 1. The number of hydrogen-bond donors (Lipinski definition) is 2. The van der Waals surface area contributed by atoms with Gasteiger partial charge in [0.1, 0.15) is 0 Å². The molecule has 1 aromatic heterocycles. The summed E-state index contributed by atoms with van der Waals surface area (Å²) >= 11 is 5.88. The highest BCUT2D eigenvalue weighted by Gasteiger charge is 2.21. The largest absolute Gasteiger partial charge is 0.481 e. The summed E-state index contributed by atoms with van der Waals surface area (Å²) in [5.74, 6) is -0.893. The number of aryl methyl sites for hydroxylation is 1. The Bertz CT molecular complexity index is 1090. The number of nitrogens with zero attached hydrogens (tertiary/aromatic N) is 2. The van der Waals surface area contributed by atoms with Crippen molar-refractivity contribution >= 4 is 29.2 Å². The number of hydrogen-bond acceptors (Lipinski definition) is 3. The minimum atomic E-state index is -0.843. The average molecular weight is 454 g/mol. The molecular weight excluding hydrogens is 426 g/mol. The maximum absolute atomic E-state index is 12.4. The highest BCUT2D eigenvalue weighted by atomic mass is 35.5. The molecule has 0 saturated heterocycles. The Morgan fingerprint density at radius 3 is 2.31 bits per heavy atom. The van der Waals surface area contributed by atoms with Crippen molar-refractivity contribution in [3.8, 4) is 0 Å². The quantitative estimate of drug-likeness (QED) is 0.445. The first-order chi connectivity index (χ1) is 15.3. The Labute approximate surface area is 193 Å². The molecule has 0 saturated carbocycles. The molecule has 2 aromatic carbocycles. The van der Waals surface area contributed by atoms with Gasteiger partial charge in [0.05, 0.1) is 18.7 Å². The van der Waals surface area contributed by atoms with Gasteiger partial charge in [0.25, 0.3) is 5.91 Å². The molecule has 0 aliphatic carbocycles. The molecule has 2 N–H and O–H groups in total. The van der Waals surface area contributed by atoms with E-state index in [0.717, 1.165) is 35.4 Å². The predicted molar refractivity (Wildman–Crippen MR) is 127 cm³/mol. The van der Waals surface area contributed by atoms with Crippen LogP contribution in [0.25, 0.3) is 0 Å². The third-order valence-corrected chi connectivity index (χ3v) is 5.44. The van der Waals surface area contributed by atoms with Crippen LogP contribution < -0.4 is 5.32 Å². The van der Waals surface area contributed by atoms with Gasteiger partial charge in [0, 0.05) is 27.5 Å². The fourth-order valence-corrected chi connectivity index (χ4v) is 3.91. The van der Waals surface area contributed by atoms with E-state index in [1.54, 1.807) is 24.3 Å². The highest BCUT2D eigenvalue weighted by Crippen LogP contribution is 2.26. The lowest BCUT2D eigenvalue weighted by Crippen LogP contribution is -2.12. The Morgan fingerprint density at radius 2 is 1.75 bits per heavy atom. The van der Waals surface area contributed by atoms with Gasteiger partial charge in [-0.15, -0.1) is 0 Å².